The fraction of sp³-hybridized carbons (Fsp3) is 0.138. The summed E-state index contributed by atoms with van der Waals surface area (Å²) in [6.45, 7) is 0.337. The first kappa shape index (κ1) is 27.3. The minimum Gasteiger partial charge on any atom is -0.506 e. The number of allylic oxidation sites excluding steroid dienone is 1. The Kier molecular flexibility index (Phi) is 7.81. The Balaban J connectivity index is 1.44. The summed E-state index contributed by atoms with van der Waals surface area (Å²) in [7, 11) is -3.21. The number of aliphatic imine (C=N–C) groups is 2. The molecule has 0 radical (unpaired) electrons. The van der Waals surface area contributed by atoms with Crippen molar-refractivity contribution in [2.75, 3.05) is 18.6 Å². The van der Waals surface area contributed by atoms with E-state index in [-0.39, 0.29) is 30.5 Å². The summed E-state index contributed by atoms with van der Waals surface area (Å²) < 4.78 is 42.7. The highest BCUT2D eigenvalue weighted by molar-refractivity contribution is 7.90. The van der Waals surface area contributed by atoms with E-state index in [1.807, 2.05) is 18.2 Å². The first-order valence-corrected chi connectivity index (χ1v) is 14.6. The van der Waals surface area contributed by atoms with Gasteiger partial charge in [-0.1, -0.05) is 29.8 Å². The van der Waals surface area contributed by atoms with Gasteiger partial charge in [-0.25, -0.2) is 27.8 Å². The van der Waals surface area contributed by atoms with Crippen molar-refractivity contribution in [3.63, 3.8) is 0 Å². The fourth-order valence-electron chi connectivity index (χ4n) is 4.12. The maximum Gasteiger partial charge on any atom is 0.163 e. The molecule has 2 aliphatic heterocycles. The average molecular weight is 579 g/mol. The standard InChI is InChI=1S/C29H24ClFN4O4S/c1-40(37,38)12-11-35-16-23(36)7-9-27(35)20-5-8-26-24(14-20)29(33-18-32-26)34-22-6-10-28(25(30)15-22)39-17-19-3-2-4-21(31)13-19/h2-10,13-16,18,36H,11-12,17H2,1H3. The van der Waals surface area contributed by atoms with E-state index in [0.29, 0.717) is 44.5 Å². The van der Waals surface area contributed by atoms with Gasteiger partial charge in [0, 0.05) is 30.3 Å². The molecule has 0 saturated carbocycles. The zero-order valence-electron chi connectivity index (χ0n) is 21.3. The van der Waals surface area contributed by atoms with Gasteiger partial charge in [-0.3, -0.25) is 0 Å². The summed E-state index contributed by atoms with van der Waals surface area (Å²) in [6.07, 6.45) is 7.36. The molecule has 40 heavy (non-hydrogen) atoms. The molecule has 0 unspecified atom stereocenters. The monoisotopic (exact) mass is 578 g/mol. The minimum atomic E-state index is -3.21. The molecule has 0 amide bonds. The average Bonchev–Trinajstić information content (AvgIpc) is 2.91. The summed E-state index contributed by atoms with van der Waals surface area (Å²) in [4.78, 5) is 15.1. The predicted octanol–water partition coefficient (Wildman–Crippen LogP) is 4.22. The van der Waals surface area contributed by atoms with Gasteiger partial charge in [0.05, 0.1) is 21.8 Å². The van der Waals surface area contributed by atoms with Crippen molar-refractivity contribution in [2.45, 2.75) is 6.61 Å². The number of rotatable bonds is 7. The molecule has 3 aromatic rings. The lowest BCUT2D eigenvalue weighted by Crippen LogP contribution is -2.30. The van der Waals surface area contributed by atoms with Crippen molar-refractivity contribution in [3.8, 4) is 5.75 Å². The summed E-state index contributed by atoms with van der Waals surface area (Å²) in [5.74, 6) is 0.463. The molecule has 204 valence electrons. The maximum absolute atomic E-state index is 13.4. The van der Waals surface area contributed by atoms with Gasteiger partial charge >= 0.3 is 0 Å². The SMILES string of the molecule is CS(=O)(=O)CCN1C=C(O)C=CC1=c1ccc2c(c1)C(=Nc1ccc(OCc3cccc(F)c3)c(Cl)c1)N=CN=2. The lowest BCUT2D eigenvalue weighted by atomic mass is 10.1. The molecular formula is C29H24ClFN4O4S. The molecule has 0 fully saturated rings. The quantitative estimate of drug-likeness (QED) is 0.452. The third-order valence-corrected chi connectivity index (χ3v) is 7.28. The second-order valence-electron chi connectivity index (χ2n) is 9.17. The van der Waals surface area contributed by atoms with E-state index in [2.05, 4.69) is 15.0 Å². The van der Waals surface area contributed by atoms with Gasteiger partial charge in [-0.2, -0.15) is 0 Å². The fourth-order valence-corrected chi connectivity index (χ4v) is 4.88. The van der Waals surface area contributed by atoms with E-state index in [4.69, 9.17) is 16.3 Å². The van der Waals surface area contributed by atoms with Crippen LogP contribution in [0.15, 0.2) is 99.8 Å². The highest BCUT2D eigenvalue weighted by Crippen LogP contribution is 2.30. The van der Waals surface area contributed by atoms with Crippen LogP contribution in [-0.2, 0) is 16.4 Å². The minimum absolute atomic E-state index is 0.0253. The summed E-state index contributed by atoms with van der Waals surface area (Å²) in [5, 5.41) is 11.8. The van der Waals surface area contributed by atoms with E-state index in [9.17, 15) is 17.9 Å². The summed E-state index contributed by atoms with van der Waals surface area (Å²) in [6, 6.07) is 16.8. The van der Waals surface area contributed by atoms with Crippen LogP contribution in [0.25, 0.3) is 5.70 Å². The molecule has 11 heteroatoms. The number of hydrogen-bond acceptors (Lipinski definition) is 7. The summed E-state index contributed by atoms with van der Waals surface area (Å²) in [5.41, 5.74) is 2.60. The number of amidine groups is 1. The van der Waals surface area contributed by atoms with Crippen molar-refractivity contribution < 1.29 is 22.7 Å². The molecule has 0 saturated heterocycles. The van der Waals surface area contributed by atoms with Gasteiger partial charge in [0.15, 0.2) is 5.84 Å². The normalized spacial score (nSPS) is 16.9. The Morgan fingerprint density at radius 3 is 2.73 bits per heavy atom. The van der Waals surface area contributed by atoms with Crippen molar-refractivity contribution in [2.24, 2.45) is 15.0 Å². The Morgan fingerprint density at radius 2 is 1.95 bits per heavy atom. The van der Waals surface area contributed by atoms with Crippen LogP contribution in [-0.4, -0.2) is 49.2 Å². The molecular weight excluding hydrogens is 555 g/mol. The highest BCUT2D eigenvalue weighted by Gasteiger charge is 2.16. The zero-order chi connectivity index (χ0) is 28.3. The van der Waals surface area contributed by atoms with Crippen molar-refractivity contribution in [1.29, 1.82) is 0 Å². The first-order valence-electron chi connectivity index (χ1n) is 12.2. The molecule has 5 rings (SSSR count). The van der Waals surface area contributed by atoms with E-state index in [1.165, 1.54) is 30.9 Å². The number of aliphatic hydroxyl groups excluding tert-OH is 1. The van der Waals surface area contributed by atoms with Crippen LogP contribution in [0.2, 0.25) is 5.02 Å². The third-order valence-electron chi connectivity index (χ3n) is 6.06. The number of sulfone groups is 1. The largest absolute Gasteiger partial charge is 0.506 e. The van der Waals surface area contributed by atoms with Gasteiger partial charge < -0.3 is 14.7 Å². The number of ether oxygens (including phenoxy) is 1. The smallest absolute Gasteiger partial charge is 0.163 e. The number of fused-ring (bicyclic) bond motifs is 1. The first-order chi connectivity index (χ1) is 19.1. The third kappa shape index (κ3) is 6.64. The van der Waals surface area contributed by atoms with Gasteiger partial charge in [-0.05, 0) is 65.4 Å². The highest BCUT2D eigenvalue weighted by atomic mass is 35.5. The van der Waals surface area contributed by atoms with Crippen molar-refractivity contribution in [3.05, 3.63) is 117 Å². The second kappa shape index (κ2) is 11.4. The molecule has 0 atom stereocenters. The molecule has 3 aromatic carbocycles. The van der Waals surface area contributed by atoms with Crippen molar-refractivity contribution in [1.82, 2.24) is 4.90 Å². The number of hydrogen-bond donors (Lipinski definition) is 1. The van der Waals surface area contributed by atoms with Crippen LogP contribution in [0.1, 0.15) is 11.1 Å². The molecule has 0 aromatic heterocycles. The van der Waals surface area contributed by atoms with Crippen LogP contribution in [0.3, 0.4) is 0 Å². The number of benzene rings is 3. The molecule has 1 N–H and O–H groups in total. The van der Waals surface area contributed by atoms with Crippen LogP contribution in [0.4, 0.5) is 10.1 Å². The molecule has 8 nitrogen and oxygen atoms in total. The molecule has 0 bridgehead atoms. The molecule has 0 spiro atoms. The van der Waals surface area contributed by atoms with Crippen LogP contribution in [0, 0.1) is 5.82 Å². The Labute approximate surface area is 235 Å². The van der Waals surface area contributed by atoms with E-state index >= 15 is 0 Å². The zero-order valence-corrected chi connectivity index (χ0v) is 22.9. The Hall–Kier alpha value is -4.28. The van der Waals surface area contributed by atoms with E-state index in [1.54, 1.807) is 47.4 Å². The van der Waals surface area contributed by atoms with Crippen LogP contribution >= 0.6 is 11.6 Å². The number of halogens is 2. The summed E-state index contributed by atoms with van der Waals surface area (Å²) >= 11 is 6.45. The predicted molar refractivity (Wildman–Crippen MR) is 154 cm³/mol. The molecule has 0 aliphatic carbocycles. The second-order valence-corrected chi connectivity index (χ2v) is 11.8. The lowest BCUT2D eigenvalue weighted by Gasteiger charge is -2.24. The van der Waals surface area contributed by atoms with Crippen LogP contribution in [0.5, 0.6) is 5.75 Å². The van der Waals surface area contributed by atoms with Gasteiger partial charge in [0.2, 0.25) is 0 Å². The lowest BCUT2D eigenvalue weighted by molar-refractivity contribution is 0.306. The number of aliphatic hydroxyl groups is 1. The molecule has 2 heterocycles. The molecule has 2 aliphatic rings. The van der Waals surface area contributed by atoms with Crippen LogP contribution < -0.4 is 15.3 Å². The van der Waals surface area contributed by atoms with Crippen molar-refractivity contribution >= 4 is 45.0 Å². The van der Waals surface area contributed by atoms with Gasteiger partial charge in [0.25, 0.3) is 0 Å². The Morgan fingerprint density at radius 1 is 1.10 bits per heavy atom. The topological polar surface area (TPSA) is 104 Å². The Bertz CT molecular complexity index is 1830. The van der Waals surface area contributed by atoms with Gasteiger partial charge in [-0.15, -0.1) is 0 Å². The van der Waals surface area contributed by atoms with E-state index in [0.717, 1.165) is 5.22 Å². The van der Waals surface area contributed by atoms with E-state index < -0.39 is 9.84 Å². The maximum atomic E-state index is 13.4. The van der Waals surface area contributed by atoms with Gasteiger partial charge in [0.1, 0.15) is 40.1 Å². The number of nitrogens with zero attached hydrogens (tertiary/aromatic N) is 4.